The smallest absolute Gasteiger partial charge is 0.0445 e. The van der Waals surface area contributed by atoms with Crippen LogP contribution in [0.3, 0.4) is 0 Å². The Bertz CT molecular complexity index is 39.1. The molecular formula is C5H13NO. The van der Waals surface area contributed by atoms with E-state index in [1.54, 1.807) is 0 Å². The largest absolute Gasteiger partial charge is 0.396 e. The van der Waals surface area contributed by atoms with Gasteiger partial charge in [0, 0.05) is 12.6 Å². The minimum atomic E-state index is 0.280. The maximum atomic E-state index is 8.33. The van der Waals surface area contributed by atoms with Crippen LogP contribution in [0.15, 0.2) is 0 Å². The predicted octanol–water partition coefficient (Wildman–Crippen LogP) is -0.0233. The highest BCUT2D eigenvalue weighted by Gasteiger charge is 1.92. The Hall–Kier alpha value is -0.0800. The minimum absolute atomic E-state index is 0.280. The maximum absolute atomic E-state index is 8.33. The van der Waals surface area contributed by atoms with Gasteiger partial charge in [-0.05, 0) is 20.4 Å². The molecule has 0 aliphatic heterocycles. The van der Waals surface area contributed by atoms with E-state index in [1.165, 1.54) is 0 Å². The highest BCUT2D eigenvalue weighted by atomic mass is 16.3. The van der Waals surface area contributed by atoms with Crippen LogP contribution in [-0.2, 0) is 0 Å². The Morgan fingerprint density at radius 3 is 2.43 bits per heavy atom. The molecule has 0 aromatic carbocycles. The molecule has 0 aliphatic carbocycles. The Morgan fingerprint density at radius 2 is 2.29 bits per heavy atom. The topological polar surface area (TPSA) is 32.3 Å². The van der Waals surface area contributed by atoms with Crippen LogP contribution in [0.25, 0.3) is 0 Å². The molecule has 1 atom stereocenters. The van der Waals surface area contributed by atoms with Crippen LogP contribution in [0, 0.1) is 0 Å². The average molecular weight is 103 g/mol. The standard InChI is InChI=1S/C5H13NO/c1-5(6-2)3-4-7/h5-7H,3-4H2,1-2H3. The van der Waals surface area contributed by atoms with Crippen LogP contribution in [0.5, 0.6) is 0 Å². The van der Waals surface area contributed by atoms with E-state index < -0.39 is 0 Å². The van der Waals surface area contributed by atoms with E-state index in [2.05, 4.69) is 5.32 Å². The van der Waals surface area contributed by atoms with Crippen molar-refractivity contribution in [1.29, 1.82) is 0 Å². The third-order valence-electron chi connectivity index (χ3n) is 1.05. The molecule has 0 aliphatic rings. The van der Waals surface area contributed by atoms with Crippen molar-refractivity contribution in [3.8, 4) is 0 Å². The summed E-state index contributed by atoms with van der Waals surface area (Å²) in [7, 11) is 1.89. The van der Waals surface area contributed by atoms with Gasteiger partial charge in [-0.2, -0.15) is 0 Å². The average Bonchev–Trinajstić information content (AvgIpc) is 1.68. The van der Waals surface area contributed by atoms with Gasteiger partial charge in [0.25, 0.3) is 0 Å². The van der Waals surface area contributed by atoms with Crippen LogP contribution in [-0.4, -0.2) is 24.8 Å². The van der Waals surface area contributed by atoms with Gasteiger partial charge in [0.1, 0.15) is 0 Å². The molecule has 0 saturated carbocycles. The molecule has 0 bridgehead atoms. The first-order chi connectivity index (χ1) is 3.31. The predicted molar refractivity (Wildman–Crippen MR) is 30.2 cm³/mol. The lowest BCUT2D eigenvalue weighted by Crippen LogP contribution is -2.21. The quantitative estimate of drug-likeness (QED) is 0.526. The first-order valence-corrected chi connectivity index (χ1v) is 2.59. The van der Waals surface area contributed by atoms with Gasteiger partial charge in [0.05, 0.1) is 0 Å². The molecule has 0 spiro atoms. The zero-order valence-electron chi connectivity index (χ0n) is 4.94. The van der Waals surface area contributed by atoms with Crippen molar-refractivity contribution in [1.82, 2.24) is 5.32 Å². The lowest BCUT2D eigenvalue weighted by molar-refractivity contribution is 0.272. The Labute approximate surface area is 44.5 Å². The van der Waals surface area contributed by atoms with Crippen LogP contribution in [0.1, 0.15) is 13.3 Å². The molecule has 0 radical (unpaired) electrons. The monoisotopic (exact) mass is 103 g/mol. The fourth-order valence-corrected chi connectivity index (χ4v) is 0.338. The minimum Gasteiger partial charge on any atom is -0.396 e. The highest BCUT2D eigenvalue weighted by Crippen LogP contribution is 1.83. The third-order valence-corrected chi connectivity index (χ3v) is 1.05. The van der Waals surface area contributed by atoms with E-state index in [4.69, 9.17) is 5.11 Å². The second-order valence-corrected chi connectivity index (χ2v) is 1.70. The number of nitrogens with one attached hydrogen (secondary N) is 1. The lowest BCUT2D eigenvalue weighted by Gasteiger charge is -2.04. The van der Waals surface area contributed by atoms with Crippen molar-refractivity contribution in [2.45, 2.75) is 19.4 Å². The van der Waals surface area contributed by atoms with Gasteiger partial charge in [-0.1, -0.05) is 0 Å². The van der Waals surface area contributed by atoms with Crippen LogP contribution < -0.4 is 5.32 Å². The molecule has 1 unspecified atom stereocenters. The summed E-state index contributed by atoms with van der Waals surface area (Å²) in [5.74, 6) is 0. The number of hydrogen-bond donors (Lipinski definition) is 2. The van der Waals surface area contributed by atoms with Crippen molar-refractivity contribution >= 4 is 0 Å². The summed E-state index contributed by atoms with van der Waals surface area (Å²) >= 11 is 0. The van der Waals surface area contributed by atoms with Gasteiger partial charge in [0.2, 0.25) is 0 Å². The molecule has 0 aromatic heterocycles. The second kappa shape index (κ2) is 4.09. The van der Waals surface area contributed by atoms with E-state index >= 15 is 0 Å². The van der Waals surface area contributed by atoms with Crippen LogP contribution in [0.2, 0.25) is 0 Å². The zero-order chi connectivity index (χ0) is 5.70. The van der Waals surface area contributed by atoms with E-state index in [1.807, 2.05) is 14.0 Å². The van der Waals surface area contributed by atoms with Gasteiger partial charge in [-0.15, -0.1) is 0 Å². The summed E-state index contributed by atoms with van der Waals surface area (Å²) in [6.07, 6.45) is 0.844. The SMILES string of the molecule is CNC(C)CCO. The number of rotatable bonds is 3. The van der Waals surface area contributed by atoms with Gasteiger partial charge in [-0.25, -0.2) is 0 Å². The molecule has 7 heavy (non-hydrogen) atoms. The molecule has 0 aromatic rings. The molecule has 2 nitrogen and oxygen atoms in total. The van der Waals surface area contributed by atoms with Crippen molar-refractivity contribution in [3.05, 3.63) is 0 Å². The summed E-state index contributed by atoms with van der Waals surface area (Å²) in [6.45, 7) is 2.32. The molecule has 2 heteroatoms. The molecule has 0 amide bonds. The van der Waals surface area contributed by atoms with Gasteiger partial charge in [0.15, 0.2) is 0 Å². The fraction of sp³-hybridized carbons (Fsp3) is 1.00. The summed E-state index contributed by atoms with van der Waals surface area (Å²) in [6, 6.07) is 0.449. The summed E-state index contributed by atoms with van der Waals surface area (Å²) in [4.78, 5) is 0. The second-order valence-electron chi connectivity index (χ2n) is 1.70. The van der Waals surface area contributed by atoms with Crippen molar-refractivity contribution < 1.29 is 5.11 Å². The van der Waals surface area contributed by atoms with Crippen LogP contribution >= 0.6 is 0 Å². The van der Waals surface area contributed by atoms with E-state index in [0.717, 1.165) is 6.42 Å². The number of aliphatic hydroxyl groups is 1. The van der Waals surface area contributed by atoms with Crippen molar-refractivity contribution in [3.63, 3.8) is 0 Å². The molecule has 0 fully saturated rings. The molecular weight excluding hydrogens is 90.1 g/mol. The Morgan fingerprint density at radius 1 is 1.71 bits per heavy atom. The van der Waals surface area contributed by atoms with Gasteiger partial charge < -0.3 is 10.4 Å². The summed E-state index contributed by atoms with van der Waals surface area (Å²) in [5.41, 5.74) is 0. The normalized spacial score (nSPS) is 14.1. The van der Waals surface area contributed by atoms with E-state index in [9.17, 15) is 0 Å². The molecule has 0 rings (SSSR count). The molecule has 2 N–H and O–H groups in total. The number of aliphatic hydroxyl groups excluding tert-OH is 1. The summed E-state index contributed by atoms with van der Waals surface area (Å²) in [5, 5.41) is 11.3. The molecule has 0 heterocycles. The maximum Gasteiger partial charge on any atom is 0.0445 e. The Balaban J connectivity index is 2.83. The van der Waals surface area contributed by atoms with Crippen molar-refractivity contribution in [2.75, 3.05) is 13.7 Å². The Kier molecular flexibility index (Phi) is 4.04. The number of hydrogen-bond acceptors (Lipinski definition) is 2. The zero-order valence-corrected chi connectivity index (χ0v) is 4.94. The van der Waals surface area contributed by atoms with E-state index in [-0.39, 0.29) is 6.61 Å². The summed E-state index contributed by atoms with van der Waals surface area (Å²) < 4.78 is 0. The van der Waals surface area contributed by atoms with E-state index in [0.29, 0.717) is 6.04 Å². The van der Waals surface area contributed by atoms with Gasteiger partial charge in [-0.3, -0.25) is 0 Å². The third kappa shape index (κ3) is 3.76. The van der Waals surface area contributed by atoms with Gasteiger partial charge >= 0.3 is 0 Å². The molecule has 44 valence electrons. The highest BCUT2D eigenvalue weighted by molar-refractivity contribution is 4.53. The molecule has 0 saturated heterocycles. The van der Waals surface area contributed by atoms with Crippen LogP contribution in [0.4, 0.5) is 0 Å². The van der Waals surface area contributed by atoms with Crippen molar-refractivity contribution in [2.24, 2.45) is 0 Å². The lowest BCUT2D eigenvalue weighted by atomic mass is 10.2. The first kappa shape index (κ1) is 6.92. The fourth-order valence-electron chi connectivity index (χ4n) is 0.338. The first-order valence-electron chi connectivity index (χ1n) is 2.59.